The van der Waals surface area contributed by atoms with Crippen LogP contribution in [0.2, 0.25) is 5.02 Å². The van der Waals surface area contributed by atoms with Crippen LogP contribution in [-0.4, -0.2) is 3.96 Å². The van der Waals surface area contributed by atoms with E-state index in [1.807, 2.05) is 28.2 Å². The molecule has 0 amide bonds. The number of halogens is 1. The first kappa shape index (κ1) is 9.49. The van der Waals surface area contributed by atoms with Gasteiger partial charge in [-0.25, -0.2) is 0 Å². The second-order valence-corrected chi connectivity index (χ2v) is 4.35. The monoisotopic (exact) mass is 225 g/mol. The van der Waals surface area contributed by atoms with Crippen molar-refractivity contribution in [2.24, 2.45) is 0 Å². The molecule has 0 fully saturated rings. The maximum absolute atomic E-state index is 10.9. The summed E-state index contributed by atoms with van der Waals surface area (Å²) in [7, 11) is 0. The largest absolute Gasteiger partial charge is 0.298 e. The maximum Gasteiger partial charge on any atom is 0.249 e. The Kier molecular flexibility index (Phi) is 2.70. The van der Waals surface area contributed by atoms with Crippen molar-refractivity contribution in [3.63, 3.8) is 0 Å². The van der Waals surface area contributed by atoms with Gasteiger partial charge in [-0.2, -0.15) is 0 Å². The summed E-state index contributed by atoms with van der Waals surface area (Å²) >= 11 is 7.19. The molecule has 1 heterocycles. The second-order valence-electron chi connectivity index (χ2n) is 2.89. The Morgan fingerprint density at radius 2 is 2.07 bits per heavy atom. The van der Waals surface area contributed by atoms with Gasteiger partial charge in [0.05, 0.1) is 6.54 Å². The predicted octanol–water partition coefficient (Wildman–Crippen LogP) is 2.61. The Bertz CT molecular complexity index is 489. The van der Waals surface area contributed by atoms with Crippen LogP contribution < -0.4 is 4.74 Å². The van der Waals surface area contributed by atoms with Gasteiger partial charge in [0.15, 0.2) is 0 Å². The fourth-order valence-electron chi connectivity index (χ4n) is 1.20. The second kappa shape index (κ2) is 3.98. The zero-order valence-corrected chi connectivity index (χ0v) is 8.89. The van der Waals surface area contributed by atoms with E-state index in [2.05, 4.69) is 0 Å². The summed E-state index contributed by atoms with van der Waals surface area (Å²) < 4.78 is 1.93. The molecule has 2 nitrogen and oxygen atoms in total. The van der Waals surface area contributed by atoms with Crippen LogP contribution in [0.3, 0.4) is 0 Å². The molecule has 14 heavy (non-hydrogen) atoms. The number of rotatable bonds is 2. The van der Waals surface area contributed by atoms with Crippen LogP contribution in [-0.2, 0) is 6.54 Å². The third-order valence-corrected chi connectivity index (χ3v) is 3.04. The smallest absolute Gasteiger partial charge is 0.249 e. The lowest BCUT2D eigenvalue weighted by Gasteiger charge is -2.03. The first-order valence-corrected chi connectivity index (χ1v) is 5.31. The minimum Gasteiger partial charge on any atom is -0.298 e. The summed E-state index contributed by atoms with van der Waals surface area (Å²) in [4.78, 5) is 10.9. The van der Waals surface area contributed by atoms with Crippen molar-refractivity contribution < 1.29 is 0 Å². The van der Waals surface area contributed by atoms with Gasteiger partial charge in [0, 0.05) is 17.3 Å². The van der Waals surface area contributed by atoms with Crippen LogP contribution in [0.15, 0.2) is 41.3 Å². The Balaban J connectivity index is 2.27. The van der Waals surface area contributed by atoms with Crippen LogP contribution in [0.5, 0.6) is 0 Å². The standard InChI is InChI=1S/C10H8ClNOS/c11-9-4-2-1-3-8(9)7-12-6-5-10(13)14-12/h1-6H,7H2. The Hall–Kier alpha value is -1.06. The lowest BCUT2D eigenvalue weighted by atomic mass is 10.2. The number of benzene rings is 1. The van der Waals surface area contributed by atoms with E-state index in [9.17, 15) is 4.79 Å². The van der Waals surface area contributed by atoms with E-state index in [0.717, 1.165) is 10.6 Å². The van der Waals surface area contributed by atoms with Gasteiger partial charge < -0.3 is 0 Å². The molecule has 0 N–H and O–H groups in total. The van der Waals surface area contributed by atoms with Gasteiger partial charge in [-0.15, -0.1) is 0 Å². The average Bonchev–Trinajstić information content (AvgIpc) is 2.56. The summed E-state index contributed by atoms with van der Waals surface area (Å²) in [5.41, 5.74) is 1.03. The van der Waals surface area contributed by atoms with Gasteiger partial charge in [0.2, 0.25) is 4.74 Å². The van der Waals surface area contributed by atoms with Crippen LogP contribution in [0, 0.1) is 0 Å². The summed E-state index contributed by atoms with van der Waals surface area (Å²) in [6.07, 6.45) is 1.77. The van der Waals surface area contributed by atoms with Crippen molar-refractivity contribution >= 4 is 23.1 Å². The molecule has 2 aromatic rings. The van der Waals surface area contributed by atoms with E-state index >= 15 is 0 Å². The highest BCUT2D eigenvalue weighted by molar-refractivity contribution is 7.03. The zero-order chi connectivity index (χ0) is 9.97. The lowest BCUT2D eigenvalue weighted by Crippen LogP contribution is -1.95. The molecule has 72 valence electrons. The summed E-state index contributed by atoms with van der Waals surface area (Å²) in [5, 5.41) is 0.737. The highest BCUT2D eigenvalue weighted by Gasteiger charge is 2.00. The molecule has 0 saturated carbocycles. The van der Waals surface area contributed by atoms with Crippen molar-refractivity contribution in [3.05, 3.63) is 56.7 Å². The van der Waals surface area contributed by atoms with Gasteiger partial charge >= 0.3 is 0 Å². The van der Waals surface area contributed by atoms with E-state index in [-0.39, 0.29) is 4.74 Å². The summed E-state index contributed by atoms with van der Waals surface area (Å²) in [5.74, 6) is 0. The molecule has 0 atom stereocenters. The van der Waals surface area contributed by atoms with Crippen molar-refractivity contribution in [2.75, 3.05) is 0 Å². The van der Waals surface area contributed by atoms with Crippen LogP contribution in [0.1, 0.15) is 5.56 Å². The summed E-state index contributed by atoms with van der Waals surface area (Å²) in [6, 6.07) is 9.20. The minimum absolute atomic E-state index is 0.0667. The Morgan fingerprint density at radius 1 is 1.29 bits per heavy atom. The van der Waals surface area contributed by atoms with Crippen molar-refractivity contribution in [1.82, 2.24) is 3.96 Å². The van der Waals surface area contributed by atoms with Gasteiger partial charge in [-0.3, -0.25) is 8.75 Å². The van der Waals surface area contributed by atoms with E-state index in [0.29, 0.717) is 6.54 Å². The molecule has 0 aliphatic heterocycles. The van der Waals surface area contributed by atoms with Crippen LogP contribution in [0.25, 0.3) is 0 Å². The van der Waals surface area contributed by atoms with Gasteiger partial charge in [0.1, 0.15) is 0 Å². The highest BCUT2D eigenvalue weighted by atomic mass is 35.5. The third kappa shape index (κ3) is 2.05. The molecule has 0 saturated heterocycles. The third-order valence-electron chi connectivity index (χ3n) is 1.87. The lowest BCUT2D eigenvalue weighted by molar-refractivity contribution is 0.882. The molecular weight excluding hydrogens is 218 g/mol. The molecule has 0 aliphatic carbocycles. The highest BCUT2D eigenvalue weighted by Crippen LogP contribution is 2.16. The first-order chi connectivity index (χ1) is 6.75. The van der Waals surface area contributed by atoms with Crippen LogP contribution >= 0.6 is 23.1 Å². The molecule has 1 aromatic heterocycles. The van der Waals surface area contributed by atoms with Crippen molar-refractivity contribution in [1.29, 1.82) is 0 Å². The van der Waals surface area contributed by atoms with Gasteiger partial charge in [-0.05, 0) is 23.2 Å². The molecule has 2 rings (SSSR count). The SMILES string of the molecule is O=c1ccn(Cc2ccccc2Cl)s1. The molecule has 0 bridgehead atoms. The molecule has 1 aromatic carbocycles. The number of aromatic nitrogens is 1. The van der Waals surface area contributed by atoms with Crippen molar-refractivity contribution in [2.45, 2.75) is 6.54 Å². The average molecular weight is 226 g/mol. The fraction of sp³-hybridized carbons (Fsp3) is 0.100. The minimum atomic E-state index is 0.0667. The van der Waals surface area contributed by atoms with E-state index in [1.165, 1.54) is 11.5 Å². The van der Waals surface area contributed by atoms with E-state index < -0.39 is 0 Å². The quantitative estimate of drug-likeness (QED) is 0.770. The predicted molar refractivity (Wildman–Crippen MR) is 59.1 cm³/mol. The Labute approximate surface area is 90.5 Å². The molecule has 0 unspecified atom stereocenters. The van der Waals surface area contributed by atoms with Gasteiger partial charge in [-0.1, -0.05) is 29.8 Å². The number of hydrogen-bond acceptors (Lipinski definition) is 2. The van der Waals surface area contributed by atoms with E-state index in [1.54, 1.807) is 12.3 Å². The van der Waals surface area contributed by atoms with E-state index in [4.69, 9.17) is 11.6 Å². The first-order valence-electron chi connectivity index (χ1n) is 4.16. The molecule has 0 spiro atoms. The molecule has 4 heteroatoms. The Morgan fingerprint density at radius 3 is 2.71 bits per heavy atom. The maximum atomic E-state index is 10.9. The molecular formula is C10H8ClNOS. The fourth-order valence-corrected chi connectivity index (χ4v) is 2.07. The number of nitrogens with zero attached hydrogens (tertiary/aromatic N) is 1. The number of hydrogen-bond donors (Lipinski definition) is 0. The van der Waals surface area contributed by atoms with Crippen LogP contribution in [0.4, 0.5) is 0 Å². The van der Waals surface area contributed by atoms with Gasteiger partial charge in [0.25, 0.3) is 0 Å². The normalized spacial score (nSPS) is 10.4. The topological polar surface area (TPSA) is 22.0 Å². The zero-order valence-electron chi connectivity index (χ0n) is 7.31. The molecule has 0 radical (unpaired) electrons. The summed E-state index contributed by atoms with van der Waals surface area (Å²) in [6.45, 7) is 0.659. The molecule has 0 aliphatic rings. The van der Waals surface area contributed by atoms with Crippen molar-refractivity contribution in [3.8, 4) is 0 Å².